The van der Waals surface area contributed by atoms with Crippen LogP contribution in [0.3, 0.4) is 0 Å². The summed E-state index contributed by atoms with van der Waals surface area (Å²) in [6.07, 6.45) is -0.469. The summed E-state index contributed by atoms with van der Waals surface area (Å²) in [5.41, 5.74) is 0.637. The van der Waals surface area contributed by atoms with E-state index >= 15 is 0 Å². The zero-order valence-corrected chi connectivity index (χ0v) is 10.4. The molecule has 1 aromatic carbocycles. The first-order valence-electron chi connectivity index (χ1n) is 5.15. The average molecular weight is 251 g/mol. The van der Waals surface area contributed by atoms with Gasteiger partial charge in [-0.1, -0.05) is 12.1 Å². The molecular weight excluding hydrogens is 238 g/mol. The smallest absolute Gasteiger partial charge is 0.343 e. The molecule has 90 valence electrons. The van der Waals surface area contributed by atoms with Crippen molar-refractivity contribution in [3.63, 3.8) is 0 Å². The first-order valence-corrected chi connectivity index (χ1v) is 5.97. The predicted octanol–water partition coefficient (Wildman–Crippen LogP) is 1.31. The number of aliphatic hydroxyl groups is 1. The van der Waals surface area contributed by atoms with E-state index < -0.39 is 6.10 Å². The fraction of sp³-hybridized carbons (Fsp3) is 0.273. The highest BCUT2D eigenvalue weighted by molar-refractivity contribution is 7.99. The van der Waals surface area contributed by atoms with Crippen LogP contribution in [-0.2, 0) is 7.05 Å². The molecule has 1 atom stereocenters. The number of nitrogens with zero attached hydrogens (tertiary/aromatic N) is 2. The van der Waals surface area contributed by atoms with E-state index in [2.05, 4.69) is 10.2 Å². The number of hydrogen-bond donors (Lipinski definition) is 2. The van der Waals surface area contributed by atoms with Crippen LogP contribution >= 0.6 is 11.8 Å². The molecule has 0 fully saturated rings. The van der Waals surface area contributed by atoms with Crippen molar-refractivity contribution < 1.29 is 5.11 Å². The lowest BCUT2D eigenvalue weighted by molar-refractivity contribution is 0.199. The number of aromatic amines is 1. The van der Waals surface area contributed by atoms with Crippen LogP contribution in [0.5, 0.6) is 0 Å². The maximum atomic E-state index is 11.2. The van der Waals surface area contributed by atoms with Crippen LogP contribution in [0.4, 0.5) is 0 Å². The standard InChI is InChI=1S/C11H13N3O2S/c1-7(15)8-3-5-9(6-4-8)17-11-13-12-10(16)14(11)2/h3-7,15H,1-2H3,(H,12,16). The molecule has 17 heavy (non-hydrogen) atoms. The van der Waals surface area contributed by atoms with Gasteiger partial charge in [0.1, 0.15) is 0 Å². The van der Waals surface area contributed by atoms with E-state index in [0.29, 0.717) is 5.16 Å². The Bertz CT molecular complexity index is 557. The lowest BCUT2D eigenvalue weighted by atomic mass is 10.1. The Kier molecular flexibility index (Phi) is 3.35. The summed E-state index contributed by atoms with van der Waals surface area (Å²) in [7, 11) is 1.67. The number of aliphatic hydroxyl groups excluding tert-OH is 1. The Morgan fingerprint density at radius 1 is 1.41 bits per heavy atom. The van der Waals surface area contributed by atoms with Gasteiger partial charge in [-0.15, -0.1) is 5.10 Å². The number of rotatable bonds is 3. The molecule has 0 saturated heterocycles. The van der Waals surface area contributed by atoms with Crippen molar-refractivity contribution in [3.8, 4) is 0 Å². The van der Waals surface area contributed by atoms with Gasteiger partial charge in [-0.25, -0.2) is 9.89 Å². The third kappa shape index (κ3) is 2.59. The van der Waals surface area contributed by atoms with Gasteiger partial charge in [-0.05, 0) is 36.4 Å². The second-order valence-electron chi connectivity index (χ2n) is 3.72. The van der Waals surface area contributed by atoms with E-state index in [-0.39, 0.29) is 5.69 Å². The average Bonchev–Trinajstić information content (AvgIpc) is 2.62. The van der Waals surface area contributed by atoms with E-state index in [9.17, 15) is 9.90 Å². The molecule has 0 aliphatic carbocycles. The topological polar surface area (TPSA) is 70.9 Å². The van der Waals surface area contributed by atoms with E-state index in [1.165, 1.54) is 16.3 Å². The Balaban J connectivity index is 2.19. The summed E-state index contributed by atoms with van der Waals surface area (Å²) in [6, 6.07) is 7.51. The molecule has 0 saturated carbocycles. The molecule has 0 amide bonds. The SMILES string of the molecule is CC(O)c1ccc(Sc2n[nH]c(=O)n2C)cc1. The minimum Gasteiger partial charge on any atom is -0.389 e. The summed E-state index contributed by atoms with van der Waals surface area (Å²) < 4.78 is 1.45. The van der Waals surface area contributed by atoms with Gasteiger partial charge in [-0.2, -0.15) is 0 Å². The highest BCUT2D eigenvalue weighted by atomic mass is 32.2. The van der Waals surface area contributed by atoms with Crippen molar-refractivity contribution >= 4 is 11.8 Å². The number of hydrogen-bond acceptors (Lipinski definition) is 4. The molecule has 0 aliphatic rings. The lowest BCUT2D eigenvalue weighted by Crippen LogP contribution is -2.12. The quantitative estimate of drug-likeness (QED) is 0.863. The molecule has 2 rings (SSSR count). The Labute approximate surface area is 102 Å². The molecule has 1 heterocycles. The zero-order chi connectivity index (χ0) is 12.4. The van der Waals surface area contributed by atoms with E-state index in [4.69, 9.17) is 0 Å². The Morgan fingerprint density at radius 3 is 2.53 bits per heavy atom. The zero-order valence-electron chi connectivity index (χ0n) is 9.54. The summed E-state index contributed by atoms with van der Waals surface area (Å²) in [4.78, 5) is 12.1. The van der Waals surface area contributed by atoms with Gasteiger partial charge < -0.3 is 5.11 Å². The predicted molar refractivity (Wildman–Crippen MR) is 65.0 cm³/mol. The van der Waals surface area contributed by atoms with Gasteiger partial charge in [0, 0.05) is 11.9 Å². The molecule has 0 spiro atoms. The molecular formula is C11H13N3O2S. The largest absolute Gasteiger partial charge is 0.389 e. The second-order valence-corrected chi connectivity index (χ2v) is 4.76. The fourth-order valence-electron chi connectivity index (χ4n) is 1.34. The number of benzene rings is 1. The van der Waals surface area contributed by atoms with Crippen LogP contribution in [0.2, 0.25) is 0 Å². The van der Waals surface area contributed by atoms with E-state index in [0.717, 1.165) is 10.5 Å². The molecule has 2 N–H and O–H groups in total. The molecule has 1 unspecified atom stereocenters. The van der Waals surface area contributed by atoms with Crippen molar-refractivity contribution in [2.45, 2.75) is 23.1 Å². The van der Waals surface area contributed by atoms with Crippen LogP contribution in [0.15, 0.2) is 39.1 Å². The van der Waals surface area contributed by atoms with Crippen LogP contribution in [0, 0.1) is 0 Å². The number of nitrogens with one attached hydrogen (secondary N) is 1. The second kappa shape index (κ2) is 4.77. The molecule has 5 nitrogen and oxygen atoms in total. The van der Waals surface area contributed by atoms with Gasteiger partial charge >= 0.3 is 5.69 Å². The summed E-state index contributed by atoms with van der Waals surface area (Å²) in [6.45, 7) is 1.72. The van der Waals surface area contributed by atoms with Crippen LogP contribution in [0.1, 0.15) is 18.6 Å². The first-order chi connectivity index (χ1) is 8.08. The van der Waals surface area contributed by atoms with Crippen molar-refractivity contribution in [2.75, 3.05) is 0 Å². The third-order valence-electron chi connectivity index (χ3n) is 2.41. The van der Waals surface area contributed by atoms with Crippen molar-refractivity contribution in [2.24, 2.45) is 7.05 Å². The number of H-pyrrole nitrogens is 1. The van der Waals surface area contributed by atoms with Crippen LogP contribution in [-0.4, -0.2) is 19.9 Å². The number of aromatic nitrogens is 3. The van der Waals surface area contributed by atoms with Crippen molar-refractivity contribution in [1.82, 2.24) is 14.8 Å². The summed E-state index contributed by atoms with van der Waals surface area (Å²) in [5.74, 6) is 0. The van der Waals surface area contributed by atoms with Gasteiger partial charge in [0.2, 0.25) is 0 Å². The Morgan fingerprint density at radius 2 is 2.06 bits per heavy atom. The minimum absolute atomic E-state index is 0.229. The summed E-state index contributed by atoms with van der Waals surface area (Å²) in [5, 5.41) is 16.3. The van der Waals surface area contributed by atoms with Gasteiger partial charge in [0.05, 0.1) is 6.10 Å². The Hall–Kier alpha value is -1.53. The minimum atomic E-state index is -0.469. The molecule has 0 aliphatic heterocycles. The molecule has 2 aromatic rings. The van der Waals surface area contributed by atoms with E-state index in [1.54, 1.807) is 14.0 Å². The molecule has 1 aromatic heterocycles. The maximum Gasteiger partial charge on any atom is 0.343 e. The van der Waals surface area contributed by atoms with Crippen molar-refractivity contribution in [3.05, 3.63) is 40.3 Å². The third-order valence-corrected chi connectivity index (χ3v) is 3.47. The van der Waals surface area contributed by atoms with Crippen molar-refractivity contribution in [1.29, 1.82) is 0 Å². The summed E-state index contributed by atoms with van der Waals surface area (Å²) >= 11 is 1.39. The normalized spacial score (nSPS) is 12.6. The molecule has 6 heteroatoms. The molecule has 0 radical (unpaired) electrons. The fourth-order valence-corrected chi connectivity index (χ4v) is 2.14. The monoisotopic (exact) mass is 251 g/mol. The maximum absolute atomic E-state index is 11.2. The van der Waals surface area contributed by atoms with Gasteiger partial charge in [0.25, 0.3) is 0 Å². The van der Waals surface area contributed by atoms with Gasteiger partial charge in [0.15, 0.2) is 5.16 Å². The van der Waals surface area contributed by atoms with Crippen LogP contribution in [0.25, 0.3) is 0 Å². The first kappa shape index (κ1) is 11.9. The van der Waals surface area contributed by atoms with E-state index in [1.807, 2.05) is 24.3 Å². The van der Waals surface area contributed by atoms with Gasteiger partial charge in [-0.3, -0.25) is 4.57 Å². The lowest BCUT2D eigenvalue weighted by Gasteiger charge is -2.05. The highest BCUT2D eigenvalue weighted by Crippen LogP contribution is 2.25. The molecule has 0 bridgehead atoms. The van der Waals surface area contributed by atoms with Crippen LogP contribution < -0.4 is 5.69 Å². The highest BCUT2D eigenvalue weighted by Gasteiger charge is 2.06.